The zero-order chi connectivity index (χ0) is 20.2. The Hall–Kier alpha value is -2.86. The maximum absolute atomic E-state index is 12.7. The average Bonchev–Trinajstić information content (AvgIpc) is 3.13. The number of rotatable bonds is 4. The number of nitrogens with zero attached hydrogens (tertiary/aromatic N) is 1. The fourth-order valence-corrected chi connectivity index (χ4v) is 4.48. The molecule has 152 valence electrons. The van der Waals surface area contributed by atoms with Gasteiger partial charge in [0.15, 0.2) is 0 Å². The number of hydrogen-bond acceptors (Lipinski definition) is 3. The first-order valence-corrected chi connectivity index (χ1v) is 10.4. The Labute approximate surface area is 171 Å². The zero-order valence-electron chi connectivity index (χ0n) is 16.8. The lowest BCUT2D eigenvalue weighted by Crippen LogP contribution is -2.48. The summed E-state index contributed by atoms with van der Waals surface area (Å²) in [5, 5.41) is 8.99. The Bertz CT molecular complexity index is 884. The van der Waals surface area contributed by atoms with Gasteiger partial charge in [0.2, 0.25) is 0 Å². The summed E-state index contributed by atoms with van der Waals surface area (Å²) in [5.41, 5.74) is 2.70. The van der Waals surface area contributed by atoms with E-state index in [1.54, 1.807) is 12.1 Å². The van der Waals surface area contributed by atoms with Crippen LogP contribution in [0.5, 0.6) is 0 Å². The van der Waals surface area contributed by atoms with Gasteiger partial charge in [-0.2, -0.15) is 0 Å². The van der Waals surface area contributed by atoms with E-state index in [1.807, 2.05) is 43.3 Å². The summed E-state index contributed by atoms with van der Waals surface area (Å²) < 4.78 is 0. The van der Waals surface area contributed by atoms with Gasteiger partial charge in [0.05, 0.1) is 0 Å². The normalized spacial score (nSPS) is 21.3. The Balaban J connectivity index is 1.40. The smallest absolute Gasteiger partial charge is 0.319 e. The molecule has 2 unspecified atom stereocenters. The van der Waals surface area contributed by atoms with E-state index in [-0.39, 0.29) is 18.0 Å². The quantitative estimate of drug-likeness (QED) is 0.736. The largest absolute Gasteiger partial charge is 0.334 e. The van der Waals surface area contributed by atoms with Crippen molar-refractivity contribution in [3.8, 4) is 0 Å². The number of benzene rings is 2. The van der Waals surface area contributed by atoms with E-state index in [0.29, 0.717) is 17.3 Å². The van der Waals surface area contributed by atoms with Crippen molar-refractivity contribution in [1.82, 2.24) is 10.2 Å². The number of anilines is 2. The minimum Gasteiger partial charge on any atom is -0.334 e. The second-order valence-electron chi connectivity index (χ2n) is 7.89. The molecule has 6 heteroatoms. The molecule has 0 saturated carbocycles. The average molecular weight is 393 g/mol. The van der Waals surface area contributed by atoms with Crippen molar-refractivity contribution >= 4 is 23.3 Å². The van der Waals surface area contributed by atoms with Crippen molar-refractivity contribution in [2.75, 3.05) is 23.7 Å². The van der Waals surface area contributed by atoms with Crippen LogP contribution in [0.2, 0.25) is 0 Å². The summed E-state index contributed by atoms with van der Waals surface area (Å²) in [6, 6.07) is 15.2. The predicted octanol–water partition coefficient (Wildman–Crippen LogP) is 4.00. The first-order valence-electron chi connectivity index (χ1n) is 10.4. The number of piperidine rings is 1. The van der Waals surface area contributed by atoms with Crippen LogP contribution in [0, 0.1) is 6.92 Å². The van der Waals surface area contributed by atoms with Gasteiger partial charge in [-0.05, 0) is 62.6 Å². The third-order valence-corrected chi connectivity index (χ3v) is 6.03. The van der Waals surface area contributed by atoms with Gasteiger partial charge in [-0.1, -0.05) is 30.7 Å². The number of fused-ring (bicyclic) bond motifs is 1. The van der Waals surface area contributed by atoms with Gasteiger partial charge in [-0.15, -0.1) is 0 Å². The molecule has 4 rings (SSSR count). The summed E-state index contributed by atoms with van der Waals surface area (Å²) in [5.74, 6) is -0.189. The lowest BCUT2D eigenvalue weighted by Gasteiger charge is -2.32. The molecule has 0 spiro atoms. The van der Waals surface area contributed by atoms with Gasteiger partial charge in [0, 0.05) is 35.6 Å². The van der Waals surface area contributed by atoms with E-state index < -0.39 is 0 Å². The van der Waals surface area contributed by atoms with Gasteiger partial charge < -0.3 is 16.0 Å². The summed E-state index contributed by atoms with van der Waals surface area (Å²) >= 11 is 0. The highest BCUT2D eigenvalue weighted by molar-refractivity contribution is 6.06. The molecule has 0 aromatic heterocycles. The van der Waals surface area contributed by atoms with Gasteiger partial charge in [0.1, 0.15) is 0 Å². The third-order valence-electron chi connectivity index (χ3n) is 6.03. The molecule has 0 radical (unpaired) electrons. The third kappa shape index (κ3) is 4.43. The number of amides is 3. The minimum absolute atomic E-state index is 0.189. The number of para-hydroxylation sites is 1. The summed E-state index contributed by atoms with van der Waals surface area (Å²) in [6.07, 6.45) is 4.64. The van der Waals surface area contributed by atoms with Crippen LogP contribution < -0.4 is 16.0 Å². The highest BCUT2D eigenvalue weighted by Gasteiger charge is 2.36. The molecule has 6 nitrogen and oxygen atoms in total. The highest BCUT2D eigenvalue weighted by Crippen LogP contribution is 2.27. The zero-order valence-corrected chi connectivity index (χ0v) is 16.8. The maximum Gasteiger partial charge on any atom is 0.319 e. The molecule has 0 aliphatic carbocycles. The van der Waals surface area contributed by atoms with Gasteiger partial charge in [0.25, 0.3) is 5.91 Å². The van der Waals surface area contributed by atoms with Crippen LogP contribution in [-0.4, -0.2) is 42.0 Å². The molecule has 2 heterocycles. The van der Waals surface area contributed by atoms with Gasteiger partial charge >= 0.3 is 6.03 Å². The van der Waals surface area contributed by atoms with Crippen molar-refractivity contribution in [3.05, 3.63) is 59.7 Å². The van der Waals surface area contributed by atoms with E-state index >= 15 is 0 Å². The van der Waals surface area contributed by atoms with E-state index in [2.05, 4.69) is 20.9 Å². The van der Waals surface area contributed by atoms with Crippen molar-refractivity contribution in [2.24, 2.45) is 0 Å². The predicted molar refractivity (Wildman–Crippen MR) is 115 cm³/mol. The number of carbonyl (C=O) groups excluding carboxylic acids is 2. The topological polar surface area (TPSA) is 73.5 Å². The second-order valence-corrected chi connectivity index (χ2v) is 7.89. The standard InChI is InChI=1S/C23H28N4O2/c1-16-18(22(28)24-17-8-3-2-4-9-17)10-7-11-19(16)25-23(29)26-20-13-15-27-14-6-5-12-21(20)27/h2-4,7-11,20-21H,5-6,12-15H2,1H3,(H,24,28)(H2,25,26,29). The molecule has 2 aromatic rings. The van der Waals surface area contributed by atoms with Crippen LogP contribution >= 0.6 is 0 Å². The molecule has 3 amide bonds. The van der Waals surface area contributed by atoms with Crippen molar-refractivity contribution in [3.63, 3.8) is 0 Å². The fourth-order valence-electron chi connectivity index (χ4n) is 4.48. The molecular weight excluding hydrogens is 364 g/mol. The number of urea groups is 1. The number of nitrogens with one attached hydrogen (secondary N) is 3. The lowest BCUT2D eigenvalue weighted by atomic mass is 9.99. The number of carbonyl (C=O) groups is 2. The molecule has 2 aromatic carbocycles. The Morgan fingerprint density at radius 3 is 2.59 bits per heavy atom. The Morgan fingerprint density at radius 2 is 1.76 bits per heavy atom. The monoisotopic (exact) mass is 392 g/mol. The van der Waals surface area contributed by atoms with Crippen LogP contribution in [0.1, 0.15) is 41.6 Å². The SMILES string of the molecule is Cc1c(NC(=O)NC2CCN3CCCCC23)cccc1C(=O)Nc1ccccc1. The summed E-state index contributed by atoms with van der Waals surface area (Å²) in [7, 11) is 0. The van der Waals surface area contributed by atoms with Crippen LogP contribution in [0.15, 0.2) is 48.5 Å². The second kappa shape index (κ2) is 8.66. The molecule has 2 atom stereocenters. The summed E-state index contributed by atoms with van der Waals surface area (Å²) in [4.78, 5) is 27.8. The lowest BCUT2D eigenvalue weighted by molar-refractivity contribution is 0.102. The fraction of sp³-hybridized carbons (Fsp3) is 0.391. The molecular formula is C23H28N4O2. The Morgan fingerprint density at radius 1 is 0.931 bits per heavy atom. The van der Waals surface area contributed by atoms with Crippen LogP contribution in [-0.2, 0) is 0 Å². The van der Waals surface area contributed by atoms with Gasteiger partial charge in [-0.25, -0.2) is 4.79 Å². The molecule has 0 bridgehead atoms. The van der Waals surface area contributed by atoms with Gasteiger partial charge in [-0.3, -0.25) is 9.69 Å². The van der Waals surface area contributed by atoms with E-state index in [1.165, 1.54) is 12.8 Å². The Kier molecular flexibility index (Phi) is 5.81. The molecule has 29 heavy (non-hydrogen) atoms. The molecule has 2 aliphatic heterocycles. The van der Waals surface area contributed by atoms with E-state index in [4.69, 9.17) is 0 Å². The minimum atomic E-state index is -0.203. The van der Waals surface area contributed by atoms with E-state index in [0.717, 1.165) is 37.2 Å². The maximum atomic E-state index is 12.7. The first-order chi connectivity index (χ1) is 14.1. The molecule has 3 N–H and O–H groups in total. The van der Waals surface area contributed by atoms with Crippen LogP contribution in [0.25, 0.3) is 0 Å². The van der Waals surface area contributed by atoms with E-state index in [9.17, 15) is 9.59 Å². The first kappa shape index (κ1) is 19.5. The van der Waals surface area contributed by atoms with Crippen molar-refractivity contribution in [2.45, 2.75) is 44.7 Å². The van der Waals surface area contributed by atoms with Crippen molar-refractivity contribution in [1.29, 1.82) is 0 Å². The van der Waals surface area contributed by atoms with Crippen molar-refractivity contribution < 1.29 is 9.59 Å². The molecule has 2 aliphatic rings. The highest BCUT2D eigenvalue weighted by atomic mass is 16.2. The van der Waals surface area contributed by atoms with Crippen LogP contribution in [0.3, 0.4) is 0 Å². The number of hydrogen-bond donors (Lipinski definition) is 3. The summed E-state index contributed by atoms with van der Waals surface area (Å²) in [6.45, 7) is 4.06. The van der Waals surface area contributed by atoms with Crippen LogP contribution in [0.4, 0.5) is 16.2 Å². The molecule has 2 fully saturated rings. The molecule has 2 saturated heterocycles.